The number of benzene rings is 1. The predicted octanol–water partition coefficient (Wildman–Crippen LogP) is 3.71. The molecule has 1 saturated heterocycles. The summed E-state index contributed by atoms with van der Waals surface area (Å²) in [6.45, 7) is 4.56. The van der Waals surface area contributed by atoms with Gasteiger partial charge < -0.3 is 15.0 Å². The monoisotopic (exact) mass is 410 g/mol. The van der Waals surface area contributed by atoms with Crippen LogP contribution in [-0.2, 0) is 15.7 Å². The van der Waals surface area contributed by atoms with Crippen molar-refractivity contribution in [1.82, 2.24) is 10.2 Å². The first-order chi connectivity index (χ1) is 13.5. The summed E-state index contributed by atoms with van der Waals surface area (Å²) in [5.41, 5.74) is -0.0325. The van der Waals surface area contributed by atoms with Gasteiger partial charge in [-0.25, -0.2) is 4.79 Å². The van der Waals surface area contributed by atoms with Gasteiger partial charge in [-0.15, -0.1) is 0 Å². The van der Waals surface area contributed by atoms with E-state index in [-0.39, 0.29) is 35.1 Å². The maximum absolute atomic E-state index is 13.2. The molecule has 0 radical (unpaired) electrons. The number of rotatable bonds is 3. The Balaban J connectivity index is 1.33. The molecule has 2 saturated carbocycles. The third kappa shape index (κ3) is 3.57. The van der Waals surface area contributed by atoms with E-state index in [1.807, 2.05) is 11.8 Å². The van der Waals surface area contributed by atoms with Crippen molar-refractivity contribution in [2.24, 2.45) is 17.8 Å². The number of alkyl halides is 3. The van der Waals surface area contributed by atoms with E-state index in [4.69, 9.17) is 0 Å². The first-order valence-corrected chi connectivity index (χ1v) is 9.85. The van der Waals surface area contributed by atoms with Crippen molar-refractivity contribution in [3.05, 3.63) is 34.9 Å². The number of carbonyl (C=O) groups excluding carboxylic acids is 2. The van der Waals surface area contributed by atoms with E-state index in [0.29, 0.717) is 25.9 Å². The summed E-state index contributed by atoms with van der Waals surface area (Å²) >= 11 is 0. The van der Waals surface area contributed by atoms with Crippen LogP contribution in [0.15, 0.2) is 18.2 Å². The summed E-state index contributed by atoms with van der Waals surface area (Å²) in [5, 5.41) is 2.76. The van der Waals surface area contributed by atoms with Crippen LogP contribution in [-0.4, -0.2) is 42.6 Å². The SMILES string of the molecule is COC(=O)NC1(C)CC(C(=O)N2C[C@@H]3C(c4ccc(C)c(C(F)(F)F)c4)[C@@H]3C2)C1. The Morgan fingerprint density at radius 1 is 1.21 bits per heavy atom. The van der Waals surface area contributed by atoms with E-state index in [9.17, 15) is 22.8 Å². The van der Waals surface area contributed by atoms with Crippen LogP contribution in [0.5, 0.6) is 0 Å². The largest absolute Gasteiger partial charge is 0.453 e. The Morgan fingerprint density at radius 3 is 2.38 bits per heavy atom. The number of alkyl carbamates (subject to hydrolysis) is 1. The van der Waals surface area contributed by atoms with Crippen molar-refractivity contribution in [2.45, 2.75) is 44.3 Å². The van der Waals surface area contributed by atoms with Crippen molar-refractivity contribution >= 4 is 12.0 Å². The summed E-state index contributed by atoms with van der Waals surface area (Å²) < 4.78 is 44.2. The summed E-state index contributed by atoms with van der Waals surface area (Å²) in [6.07, 6.45) is -3.70. The number of aryl methyl sites for hydroxylation is 1. The van der Waals surface area contributed by atoms with Crippen LogP contribution >= 0.6 is 0 Å². The molecular formula is C21H25F3N2O3. The fourth-order valence-electron chi connectivity index (χ4n) is 5.21. The Bertz CT molecular complexity index is 836. The molecule has 1 aromatic rings. The summed E-state index contributed by atoms with van der Waals surface area (Å²) in [6, 6.07) is 4.61. The van der Waals surface area contributed by atoms with Crippen molar-refractivity contribution in [1.29, 1.82) is 0 Å². The number of halogens is 3. The second-order valence-corrected chi connectivity index (χ2v) is 8.95. The number of nitrogens with one attached hydrogen (secondary N) is 1. The normalized spacial score (nSPS) is 33.0. The van der Waals surface area contributed by atoms with Gasteiger partial charge in [0, 0.05) is 24.5 Å². The molecule has 2 amide bonds. The zero-order chi connectivity index (χ0) is 21.1. The molecule has 8 heteroatoms. The lowest BCUT2D eigenvalue weighted by Crippen LogP contribution is -2.58. The number of methoxy groups -OCH3 is 1. The number of ether oxygens (including phenoxy) is 1. The molecule has 2 aliphatic carbocycles. The van der Waals surface area contributed by atoms with Crippen LogP contribution in [0.1, 0.15) is 42.4 Å². The highest BCUT2D eigenvalue weighted by molar-refractivity contribution is 5.81. The van der Waals surface area contributed by atoms with Crippen LogP contribution < -0.4 is 5.32 Å². The highest BCUT2D eigenvalue weighted by Crippen LogP contribution is 2.59. The molecule has 4 rings (SSSR count). The van der Waals surface area contributed by atoms with Gasteiger partial charge in [0.1, 0.15) is 0 Å². The van der Waals surface area contributed by atoms with Crippen LogP contribution in [0.2, 0.25) is 0 Å². The molecule has 3 fully saturated rings. The lowest BCUT2D eigenvalue weighted by Gasteiger charge is -2.45. The molecule has 1 aromatic carbocycles. The number of hydrogen-bond donors (Lipinski definition) is 1. The van der Waals surface area contributed by atoms with E-state index in [2.05, 4.69) is 10.1 Å². The molecule has 5 nitrogen and oxygen atoms in total. The highest BCUT2D eigenvalue weighted by Gasteiger charge is 2.58. The van der Waals surface area contributed by atoms with Crippen LogP contribution in [0.3, 0.4) is 0 Å². The van der Waals surface area contributed by atoms with Gasteiger partial charge in [-0.05, 0) is 61.6 Å². The summed E-state index contributed by atoms with van der Waals surface area (Å²) in [7, 11) is 1.30. The van der Waals surface area contributed by atoms with Crippen molar-refractivity contribution < 1.29 is 27.5 Å². The second kappa shape index (κ2) is 6.64. The van der Waals surface area contributed by atoms with Gasteiger partial charge in [0.15, 0.2) is 0 Å². The first kappa shape index (κ1) is 20.0. The van der Waals surface area contributed by atoms with Gasteiger partial charge in [0.25, 0.3) is 0 Å². The minimum atomic E-state index is -4.35. The third-order valence-corrected chi connectivity index (χ3v) is 6.79. The fourth-order valence-corrected chi connectivity index (χ4v) is 5.21. The minimum absolute atomic E-state index is 0.0833. The molecule has 3 atom stereocenters. The standard InChI is InChI=1S/C21H25F3N2O3/c1-11-4-5-12(6-16(11)21(22,23)24)17-14-9-26(10-15(14)17)18(27)13-7-20(2,8-13)25-19(28)29-3/h4-6,13-15,17H,7-10H2,1-3H3,(H,25,28)/t13?,14-,15+,17?,20?. The maximum Gasteiger partial charge on any atom is 0.416 e. The molecule has 0 aromatic heterocycles. The molecule has 1 aliphatic heterocycles. The van der Waals surface area contributed by atoms with Gasteiger partial charge in [-0.1, -0.05) is 12.1 Å². The summed E-state index contributed by atoms with van der Waals surface area (Å²) in [5.74, 6) is 0.544. The number of piperidine rings is 1. The number of hydrogen-bond acceptors (Lipinski definition) is 3. The molecule has 29 heavy (non-hydrogen) atoms. The fraction of sp³-hybridized carbons (Fsp3) is 0.619. The van der Waals surface area contributed by atoms with Crippen LogP contribution in [0.25, 0.3) is 0 Å². The average Bonchev–Trinajstić information content (AvgIpc) is 3.11. The Labute approximate surface area is 167 Å². The smallest absolute Gasteiger partial charge is 0.416 e. The first-order valence-electron chi connectivity index (χ1n) is 9.85. The molecule has 3 aliphatic rings. The van der Waals surface area contributed by atoms with E-state index in [0.717, 1.165) is 5.56 Å². The number of carbonyl (C=O) groups is 2. The van der Waals surface area contributed by atoms with E-state index in [1.54, 1.807) is 12.1 Å². The van der Waals surface area contributed by atoms with Crippen molar-refractivity contribution in [3.63, 3.8) is 0 Å². The van der Waals surface area contributed by atoms with E-state index >= 15 is 0 Å². The zero-order valence-electron chi connectivity index (χ0n) is 16.7. The molecule has 1 unspecified atom stereocenters. The van der Waals surface area contributed by atoms with Crippen molar-refractivity contribution in [2.75, 3.05) is 20.2 Å². The Morgan fingerprint density at radius 2 is 1.83 bits per heavy atom. The molecule has 0 bridgehead atoms. The van der Waals surface area contributed by atoms with Gasteiger partial charge in [0.2, 0.25) is 5.91 Å². The van der Waals surface area contributed by atoms with E-state index < -0.39 is 23.4 Å². The van der Waals surface area contributed by atoms with E-state index in [1.165, 1.54) is 20.1 Å². The zero-order valence-corrected chi connectivity index (χ0v) is 16.7. The molecular weight excluding hydrogens is 385 g/mol. The number of fused-ring (bicyclic) bond motifs is 1. The van der Waals surface area contributed by atoms with Gasteiger partial charge in [-0.3, -0.25) is 4.79 Å². The topological polar surface area (TPSA) is 58.6 Å². The van der Waals surface area contributed by atoms with Gasteiger partial charge in [-0.2, -0.15) is 13.2 Å². The van der Waals surface area contributed by atoms with Gasteiger partial charge >= 0.3 is 12.3 Å². The van der Waals surface area contributed by atoms with Crippen LogP contribution in [0, 0.1) is 24.7 Å². The minimum Gasteiger partial charge on any atom is -0.453 e. The predicted molar refractivity (Wildman–Crippen MR) is 99.2 cm³/mol. The highest BCUT2D eigenvalue weighted by atomic mass is 19.4. The average molecular weight is 410 g/mol. The van der Waals surface area contributed by atoms with Gasteiger partial charge in [0.05, 0.1) is 12.7 Å². The lowest BCUT2D eigenvalue weighted by atomic mass is 9.69. The molecule has 1 N–H and O–H groups in total. The Kier molecular flexibility index (Phi) is 4.59. The number of amides is 2. The summed E-state index contributed by atoms with van der Waals surface area (Å²) in [4.78, 5) is 26.0. The number of nitrogens with zero attached hydrogens (tertiary/aromatic N) is 1. The second-order valence-electron chi connectivity index (χ2n) is 8.95. The number of likely N-dealkylation sites (tertiary alicyclic amines) is 1. The lowest BCUT2D eigenvalue weighted by molar-refractivity contribution is -0.140. The quantitative estimate of drug-likeness (QED) is 0.827. The molecule has 158 valence electrons. The van der Waals surface area contributed by atoms with Crippen LogP contribution in [0.4, 0.5) is 18.0 Å². The Hall–Kier alpha value is -2.25. The maximum atomic E-state index is 13.2. The third-order valence-electron chi connectivity index (χ3n) is 6.79. The molecule has 0 spiro atoms. The van der Waals surface area contributed by atoms with Crippen molar-refractivity contribution in [3.8, 4) is 0 Å². The molecule has 1 heterocycles.